The number of rotatable bonds is 5. The van der Waals surface area contributed by atoms with E-state index in [1.54, 1.807) is 0 Å². The van der Waals surface area contributed by atoms with Gasteiger partial charge >= 0.3 is 0 Å². The second-order valence-corrected chi connectivity index (χ2v) is 16.7. The fourth-order valence-electron chi connectivity index (χ4n) is 10.8. The van der Waals surface area contributed by atoms with Crippen molar-refractivity contribution in [1.82, 2.24) is 23.9 Å². The summed E-state index contributed by atoms with van der Waals surface area (Å²) in [6.07, 6.45) is 0. The molecule has 0 saturated heterocycles. The van der Waals surface area contributed by atoms with Crippen LogP contribution < -0.4 is 0 Å². The van der Waals surface area contributed by atoms with E-state index >= 15 is 0 Å². The van der Waals surface area contributed by atoms with Crippen LogP contribution in [-0.2, 0) is 0 Å². The Morgan fingerprint density at radius 2 is 0.762 bits per heavy atom. The fraction of sp³-hybridized carbons (Fsp3) is 0.0172. The lowest BCUT2D eigenvalue weighted by molar-refractivity contribution is 1.00. The van der Waals surface area contributed by atoms with Gasteiger partial charge in [0.1, 0.15) is 0 Å². The summed E-state index contributed by atoms with van der Waals surface area (Å²) in [4.78, 5) is 16.4. The van der Waals surface area contributed by atoms with Gasteiger partial charge in [0.25, 0.3) is 0 Å². The van der Waals surface area contributed by atoms with Crippen molar-refractivity contribution < 1.29 is 0 Å². The van der Waals surface area contributed by atoms with Crippen LogP contribution in [-0.4, -0.2) is 23.9 Å². The van der Waals surface area contributed by atoms with Crippen molar-refractivity contribution in [1.29, 1.82) is 0 Å². The molecule has 5 nitrogen and oxygen atoms in total. The Labute approximate surface area is 362 Å². The van der Waals surface area contributed by atoms with Crippen LogP contribution in [0, 0.1) is 0 Å². The largest absolute Gasteiger partial charge is 0.309 e. The number of benzene rings is 9. The summed E-state index contributed by atoms with van der Waals surface area (Å²) in [7, 11) is 0. The second-order valence-electron chi connectivity index (χ2n) is 16.7. The molecule has 0 atom stereocenters. The molecular formula is C58H35N5. The summed E-state index contributed by atoms with van der Waals surface area (Å²) in [5.74, 6) is 1.90. The van der Waals surface area contributed by atoms with Crippen molar-refractivity contribution in [2.75, 3.05) is 0 Å². The molecule has 0 N–H and O–H groups in total. The Morgan fingerprint density at radius 1 is 0.317 bits per heavy atom. The Hall–Kier alpha value is -8.41. The van der Waals surface area contributed by atoms with Gasteiger partial charge in [-0.05, 0) is 64.2 Å². The summed E-state index contributed by atoms with van der Waals surface area (Å²) in [5, 5.41) is 7.38. The van der Waals surface area contributed by atoms with Gasteiger partial charge in [-0.15, -0.1) is 0 Å². The van der Waals surface area contributed by atoms with Crippen LogP contribution >= 0.6 is 0 Å². The predicted molar refractivity (Wildman–Crippen MR) is 258 cm³/mol. The molecule has 0 radical (unpaired) electrons. The van der Waals surface area contributed by atoms with E-state index in [0.29, 0.717) is 17.5 Å². The van der Waals surface area contributed by atoms with Crippen molar-refractivity contribution >= 4 is 59.9 Å². The van der Waals surface area contributed by atoms with Crippen LogP contribution in [0.3, 0.4) is 0 Å². The molecule has 0 fully saturated rings. The third-order valence-electron chi connectivity index (χ3n) is 13.4. The molecule has 4 aromatic heterocycles. The van der Waals surface area contributed by atoms with Crippen molar-refractivity contribution in [3.63, 3.8) is 0 Å². The van der Waals surface area contributed by atoms with Gasteiger partial charge in [-0.3, -0.25) is 0 Å². The average molecular weight is 802 g/mol. The van der Waals surface area contributed by atoms with E-state index in [0.717, 1.165) is 38.9 Å². The molecule has 13 aromatic rings. The minimum absolute atomic E-state index is 0.0186. The molecule has 1 aliphatic rings. The average Bonchev–Trinajstić information content (AvgIpc) is 4.08. The van der Waals surface area contributed by atoms with Gasteiger partial charge in [-0.25, -0.2) is 15.0 Å². The molecule has 292 valence electrons. The Balaban J connectivity index is 1.04. The standard InChI is InChI=1S/C58H35N5/c1-3-21-42-36(16-1)37-17-2-4-22-43(37)54(42)44-23-5-6-24-47(44)57-59-56(35-32-33-41-46-27-15-26-45-40-20-9-13-30-51(40)63(55(45)46)53(41)34-35)60-58(61-57)48-25-10-14-31-52(48)62-49-28-11-7-18-38(49)39-19-8-12-29-50(39)62/h1-34,54H. The van der Waals surface area contributed by atoms with E-state index in [1.807, 2.05) is 0 Å². The Kier molecular flexibility index (Phi) is 7.11. The predicted octanol–water partition coefficient (Wildman–Crippen LogP) is 14.3. The summed E-state index contributed by atoms with van der Waals surface area (Å²) in [5.41, 5.74) is 16.0. The first-order valence-corrected chi connectivity index (χ1v) is 21.6. The van der Waals surface area contributed by atoms with E-state index in [9.17, 15) is 0 Å². The van der Waals surface area contributed by atoms with Crippen molar-refractivity contribution in [2.24, 2.45) is 0 Å². The lowest BCUT2D eigenvalue weighted by Gasteiger charge is -2.19. The van der Waals surface area contributed by atoms with Gasteiger partial charge < -0.3 is 8.97 Å². The number of hydrogen-bond acceptors (Lipinski definition) is 3. The SMILES string of the molecule is c1ccc(C2c3ccccc3-c3ccccc32)c(-c2nc(-c3ccc4c5cccc6c7ccccc7n(c4c3)c65)nc(-c3ccccc3-n3c4ccccc4c4ccccc43)n2)c1. The van der Waals surface area contributed by atoms with Crippen LogP contribution in [0.15, 0.2) is 206 Å². The van der Waals surface area contributed by atoms with Crippen LogP contribution in [0.4, 0.5) is 0 Å². The van der Waals surface area contributed by atoms with E-state index in [1.165, 1.54) is 71.2 Å². The highest BCUT2D eigenvalue weighted by Gasteiger charge is 2.32. The van der Waals surface area contributed by atoms with Crippen molar-refractivity contribution in [3.8, 4) is 51.0 Å². The molecule has 1 aliphatic carbocycles. The monoisotopic (exact) mass is 801 g/mol. The molecule has 0 spiro atoms. The van der Waals surface area contributed by atoms with E-state index < -0.39 is 0 Å². The normalized spacial score (nSPS) is 12.7. The van der Waals surface area contributed by atoms with Gasteiger partial charge in [-0.2, -0.15) is 0 Å². The number of fused-ring (bicyclic) bond motifs is 12. The molecule has 5 heteroatoms. The zero-order chi connectivity index (χ0) is 41.2. The molecule has 14 rings (SSSR count). The maximum Gasteiger partial charge on any atom is 0.166 e. The highest BCUT2D eigenvalue weighted by molar-refractivity contribution is 6.23. The highest BCUT2D eigenvalue weighted by Crippen LogP contribution is 2.50. The summed E-state index contributed by atoms with van der Waals surface area (Å²) >= 11 is 0. The molecule has 9 aromatic carbocycles. The van der Waals surface area contributed by atoms with Gasteiger partial charge in [0, 0.05) is 54.9 Å². The lowest BCUT2D eigenvalue weighted by Crippen LogP contribution is -2.06. The maximum absolute atomic E-state index is 5.50. The minimum Gasteiger partial charge on any atom is -0.309 e. The van der Waals surface area contributed by atoms with Crippen LogP contribution in [0.1, 0.15) is 22.6 Å². The van der Waals surface area contributed by atoms with Crippen molar-refractivity contribution in [3.05, 3.63) is 223 Å². The first-order chi connectivity index (χ1) is 31.3. The summed E-state index contributed by atoms with van der Waals surface area (Å²) in [6.45, 7) is 0. The zero-order valence-electron chi connectivity index (χ0n) is 33.9. The Bertz CT molecular complexity index is 3900. The molecule has 0 unspecified atom stereocenters. The van der Waals surface area contributed by atoms with Crippen LogP contribution in [0.2, 0.25) is 0 Å². The van der Waals surface area contributed by atoms with E-state index in [4.69, 9.17) is 15.0 Å². The number of para-hydroxylation sites is 5. The van der Waals surface area contributed by atoms with E-state index in [2.05, 4.69) is 215 Å². The third kappa shape index (κ3) is 4.84. The molecular weight excluding hydrogens is 767 g/mol. The first kappa shape index (κ1) is 34.3. The third-order valence-corrected chi connectivity index (χ3v) is 13.4. The number of nitrogens with zero attached hydrogens (tertiary/aromatic N) is 5. The topological polar surface area (TPSA) is 48.0 Å². The zero-order valence-corrected chi connectivity index (χ0v) is 33.9. The molecule has 0 saturated carbocycles. The number of aromatic nitrogens is 5. The molecule has 0 bridgehead atoms. The number of hydrogen-bond donors (Lipinski definition) is 0. The fourth-order valence-corrected chi connectivity index (χ4v) is 10.8. The van der Waals surface area contributed by atoms with Crippen LogP contribution in [0.5, 0.6) is 0 Å². The van der Waals surface area contributed by atoms with E-state index in [-0.39, 0.29) is 5.92 Å². The smallest absolute Gasteiger partial charge is 0.166 e. The molecule has 0 amide bonds. The Morgan fingerprint density at radius 3 is 1.41 bits per heavy atom. The molecule has 0 aliphatic heterocycles. The van der Waals surface area contributed by atoms with Crippen LogP contribution in [0.25, 0.3) is 111 Å². The van der Waals surface area contributed by atoms with Gasteiger partial charge in [-0.1, -0.05) is 170 Å². The quantitative estimate of drug-likeness (QED) is 0.174. The summed E-state index contributed by atoms with van der Waals surface area (Å²) in [6, 6.07) is 74.2. The van der Waals surface area contributed by atoms with Crippen molar-refractivity contribution in [2.45, 2.75) is 5.92 Å². The maximum atomic E-state index is 5.50. The molecule has 4 heterocycles. The minimum atomic E-state index is 0.0186. The van der Waals surface area contributed by atoms with Gasteiger partial charge in [0.05, 0.1) is 33.3 Å². The lowest BCUT2D eigenvalue weighted by atomic mass is 9.86. The first-order valence-electron chi connectivity index (χ1n) is 21.6. The molecule has 63 heavy (non-hydrogen) atoms. The second kappa shape index (κ2) is 13.0. The van der Waals surface area contributed by atoms with Gasteiger partial charge in [0.15, 0.2) is 17.5 Å². The highest BCUT2D eigenvalue weighted by atomic mass is 15.1. The summed E-state index contributed by atoms with van der Waals surface area (Å²) < 4.78 is 4.78. The van der Waals surface area contributed by atoms with Gasteiger partial charge in [0.2, 0.25) is 0 Å².